The van der Waals surface area contributed by atoms with Crippen molar-refractivity contribution in [1.82, 2.24) is 0 Å². The molecule has 0 saturated carbocycles. The molecule has 0 nitrogen and oxygen atoms in total. The second kappa shape index (κ2) is 10.1. The van der Waals surface area contributed by atoms with E-state index in [1.54, 1.807) is 0 Å². The fourth-order valence-electron chi connectivity index (χ4n) is 9.29. The Hall–Kier alpha value is -5.76. The van der Waals surface area contributed by atoms with Gasteiger partial charge in [0, 0.05) is 25.6 Å². The maximum absolute atomic E-state index is 2.48. The molecule has 0 unspecified atom stereocenters. The van der Waals surface area contributed by atoms with Gasteiger partial charge in [-0.25, -0.2) is 0 Å². The fraction of sp³-hybridized carbons (Fsp3) is 0.0612. The first-order valence-electron chi connectivity index (χ1n) is 17.5. The second-order valence-corrected chi connectivity index (χ2v) is 15.5. The Morgan fingerprint density at radius 3 is 1.50 bits per heavy atom. The topological polar surface area (TPSA) is 0 Å². The minimum atomic E-state index is -0.0910. The molecule has 11 rings (SSSR count). The number of thiophene rings is 1. The van der Waals surface area contributed by atoms with Crippen LogP contribution in [0.3, 0.4) is 0 Å². The standard InChI is InChI=1S/C49H32S/c1-49(2)42-21-11-9-20-40(42)47-34-15-4-3-13-31(34)41-27-29(24-26-39(41)48(47)49)45-35-16-5-7-18-37(35)46(38-19-8-6-17-36(38)45)30-23-25-33-32-14-10-12-22-43(32)50-44(33)28-30/h3-28H,1-2H3. The number of hydrogen-bond acceptors (Lipinski definition) is 1. The van der Waals surface area contributed by atoms with Gasteiger partial charge in [-0.15, -0.1) is 11.3 Å². The van der Waals surface area contributed by atoms with Gasteiger partial charge < -0.3 is 0 Å². The van der Waals surface area contributed by atoms with Gasteiger partial charge in [0.25, 0.3) is 0 Å². The third-order valence-electron chi connectivity index (χ3n) is 11.4. The average Bonchev–Trinajstić information content (AvgIpc) is 3.65. The molecule has 10 aromatic rings. The summed E-state index contributed by atoms with van der Waals surface area (Å²) >= 11 is 1.89. The molecule has 0 saturated heterocycles. The maximum atomic E-state index is 2.48. The summed E-state index contributed by atoms with van der Waals surface area (Å²) in [7, 11) is 0. The monoisotopic (exact) mass is 652 g/mol. The van der Waals surface area contributed by atoms with Gasteiger partial charge in [0.2, 0.25) is 0 Å². The molecular weight excluding hydrogens is 621 g/mol. The first-order chi connectivity index (χ1) is 24.6. The Bertz CT molecular complexity index is 3010. The van der Waals surface area contributed by atoms with Gasteiger partial charge in [0.1, 0.15) is 0 Å². The van der Waals surface area contributed by atoms with Crippen molar-refractivity contribution in [3.05, 3.63) is 169 Å². The lowest BCUT2D eigenvalue weighted by Crippen LogP contribution is -2.15. The van der Waals surface area contributed by atoms with Crippen LogP contribution in [0.5, 0.6) is 0 Å². The quantitative estimate of drug-likeness (QED) is 0.129. The molecule has 0 bridgehead atoms. The summed E-state index contributed by atoms with van der Waals surface area (Å²) in [6, 6.07) is 59.2. The lowest BCUT2D eigenvalue weighted by atomic mass is 9.78. The predicted octanol–water partition coefficient (Wildman–Crippen LogP) is 14.3. The van der Waals surface area contributed by atoms with E-state index in [1.165, 1.54) is 108 Å². The van der Waals surface area contributed by atoms with Gasteiger partial charge >= 0.3 is 0 Å². The molecule has 0 aliphatic heterocycles. The molecule has 0 spiro atoms. The smallest absolute Gasteiger partial charge is 0.0361 e. The summed E-state index contributed by atoms with van der Waals surface area (Å²) < 4.78 is 2.67. The highest BCUT2D eigenvalue weighted by Gasteiger charge is 2.38. The van der Waals surface area contributed by atoms with E-state index in [2.05, 4.69) is 172 Å². The average molecular weight is 653 g/mol. The van der Waals surface area contributed by atoms with Crippen LogP contribution in [-0.4, -0.2) is 0 Å². The summed E-state index contributed by atoms with van der Waals surface area (Å²) in [6.07, 6.45) is 0. The molecule has 1 aliphatic carbocycles. The number of hydrogen-bond donors (Lipinski definition) is 0. The van der Waals surface area contributed by atoms with E-state index in [1.807, 2.05) is 11.3 Å². The zero-order valence-electron chi connectivity index (χ0n) is 27.9. The van der Waals surface area contributed by atoms with Crippen LogP contribution >= 0.6 is 11.3 Å². The highest BCUT2D eigenvalue weighted by molar-refractivity contribution is 7.25. The Morgan fingerprint density at radius 1 is 0.360 bits per heavy atom. The van der Waals surface area contributed by atoms with Gasteiger partial charge in [-0.1, -0.05) is 153 Å². The highest BCUT2D eigenvalue weighted by Crippen LogP contribution is 2.55. The normalized spacial score (nSPS) is 13.6. The van der Waals surface area contributed by atoms with E-state index in [-0.39, 0.29) is 5.41 Å². The highest BCUT2D eigenvalue weighted by atomic mass is 32.1. The van der Waals surface area contributed by atoms with Crippen LogP contribution in [0, 0.1) is 0 Å². The van der Waals surface area contributed by atoms with Gasteiger partial charge in [-0.05, 0) is 106 Å². The number of rotatable bonds is 2. The van der Waals surface area contributed by atoms with Gasteiger partial charge in [0.05, 0.1) is 0 Å². The van der Waals surface area contributed by atoms with Crippen molar-refractivity contribution < 1.29 is 0 Å². The van der Waals surface area contributed by atoms with Crippen LogP contribution in [0.1, 0.15) is 25.0 Å². The summed E-state index contributed by atoms with van der Waals surface area (Å²) in [4.78, 5) is 0. The van der Waals surface area contributed by atoms with Crippen molar-refractivity contribution in [2.24, 2.45) is 0 Å². The molecule has 0 amide bonds. The minimum absolute atomic E-state index is 0.0910. The third kappa shape index (κ3) is 3.71. The molecule has 50 heavy (non-hydrogen) atoms. The van der Waals surface area contributed by atoms with Crippen LogP contribution in [0.2, 0.25) is 0 Å². The van der Waals surface area contributed by atoms with Crippen molar-refractivity contribution in [2.75, 3.05) is 0 Å². The summed E-state index contributed by atoms with van der Waals surface area (Å²) in [5.41, 5.74) is 10.7. The van der Waals surface area contributed by atoms with Gasteiger partial charge in [-0.2, -0.15) is 0 Å². The summed E-state index contributed by atoms with van der Waals surface area (Å²) in [5, 5.41) is 13.2. The molecule has 1 aromatic heterocycles. The number of fused-ring (bicyclic) bond motifs is 13. The fourth-order valence-corrected chi connectivity index (χ4v) is 10.4. The molecule has 1 aliphatic rings. The summed E-state index contributed by atoms with van der Waals surface area (Å²) in [6.45, 7) is 4.80. The van der Waals surface area contributed by atoms with E-state index in [0.29, 0.717) is 0 Å². The van der Waals surface area contributed by atoms with Crippen LogP contribution in [0.15, 0.2) is 158 Å². The van der Waals surface area contributed by atoms with Crippen molar-refractivity contribution in [1.29, 1.82) is 0 Å². The predicted molar refractivity (Wildman–Crippen MR) is 218 cm³/mol. The van der Waals surface area contributed by atoms with Gasteiger partial charge in [0.15, 0.2) is 0 Å². The first-order valence-corrected chi connectivity index (χ1v) is 18.3. The largest absolute Gasteiger partial charge is 0.135 e. The van der Waals surface area contributed by atoms with Crippen LogP contribution in [0.4, 0.5) is 0 Å². The SMILES string of the molecule is CC1(C)c2ccccc2-c2c1c1ccc(-c3c4ccccc4c(-c4ccc5c(c4)sc4ccccc45)c4ccccc34)cc1c1ccccc21. The zero-order chi connectivity index (χ0) is 33.1. The molecule has 0 N–H and O–H groups in total. The van der Waals surface area contributed by atoms with Crippen LogP contribution in [0.25, 0.3) is 96.6 Å². The molecule has 0 atom stereocenters. The Balaban J connectivity index is 1.21. The van der Waals surface area contributed by atoms with Crippen molar-refractivity contribution in [3.63, 3.8) is 0 Å². The first kappa shape index (κ1) is 28.1. The second-order valence-electron chi connectivity index (χ2n) is 14.4. The Labute approximate surface area is 294 Å². The van der Waals surface area contributed by atoms with E-state index >= 15 is 0 Å². The lowest BCUT2D eigenvalue weighted by molar-refractivity contribution is 0.666. The van der Waals surface area contributed by atoms with Gasteiger partial charge in [-0.3, -0.25) is 0 Å². The molecular formula is C49H32S. The van der Waals surface area contributed by atoms with Crippen molar-refractivity contribution >= 4 is 74.6 Å². The molecule has 1 heterocycles. The maximum Gasteiger partial charge on any atom is 0.0361 e. The molecule has 0 radical (unpaired) electrons. The van der Waals surface area contributed by atoms with Crippen molar-refractivity contribution in [3.8, 4) is 33.4 Å². The Morgan fingerprint density at radius 2 is 0.840 bits per heavy atom. The lowest BCUT2D eigenvalue weighted by Gasteiger charge is -2.24. The van der Waals surface area contributed by atoms with Crippen molar-refractivity contribution in [2.45, 2.75) is 19.3 Å². The summed E-state index contributed by atoms with van der Waals surface area (Å²) in [5.74, 6) is 0. The van der Waals surface area contributed by atoms with E-state index in [0.717, 1.165) is 0 Å². The van der Waals surface area contributed by atoms with E-state index in [9.17, 15) is 0 Å². The minimum Gasteiger partial charge on any atom is -0.135 e. The Kier molecular flexibility index (Phi) is 5.70. The molecule has 0 fully saturated rings. The molecule has 9 aromatic carbocycles. The van der Waals surface area contributed by atoms with E-state index < -0.39 is 0 Å². The van der Waals surface area contributed by atoms with Crippen LogP contribution in [-0.2, 0) is 5.41 Å². The molecule has 234 valence electrons. The molecule has 1 heteroatoms. The van der Waals surface area contributed by atoms with Crippen LogP contribution < -0.4 is 0 Å². The van der Waals surface area contributed by atoms with E-state index in [4.69, 9.17) is 0 Å². The third-order valence-corrected chi connectivity index (χ3v) is 12.5. The number of benzene rings is 9. The zero-order valence-corrected chi connectivity index (χ0v) is 28.7.